The standard InChI is InChI=1S/C22H41F3N4O.HI/c1-26-21(27-13-6-3-7-17-30-20-8-4-2-5-9-20)28-14-10-19-11-15-29(16-12-19)18-22(23,24)25;/h19-20H,2-18H2,1H3,(H2,26,27,28);1H. The Hall–Kier alpha value is -0.290. The zero-order valence-corrected chi connectivity index (χ0v) is 21.4. The number of unbranched alkanes of at least 4 members (excludes halogenated alkanes) is 2. The van der Waals surface area contributed by atoms with Crippen LogP contribution in [-0.2, 0) is 4.74 Å². The van der Waals surface area contributed by atoms with Gasteiger partial charge in [0.2, 0.25) is 0 Å². The maximum absolute atomic E-state index is 12.5. The fraction of sp³-hybridized carbons (Fsp3) is 0.955. The number of rotatable bonds is 11. The molecule has 184 valence electrons. The van der Waals surface area contributed by atoms with Gasteiger partial charge >= 0.3 is 6.18 Å². The van der Waals surface area contributed by atoms with E-state index in [1.165, 1.54) is 37.0 Å². The number of alkyl halides is 3. The van der Waals surface area contributed by atoms with Crippen molar-refractivity contribution in [3.8, 4) is 0 Å². The van der Waals surface area contributed by atoms with E-state index in [1.54, 1.807) is 7.05 Å². The Morgan fingerprint density at radius 1 is 0.968 bits per heavy atom. The number of guanidine groups is 1. The zero-order chi connectivity index (χ0) is 21.7. The van der Waals surface area contributed by atoms with Gasteiger partial charge in [-0.3, -0.25) is 9.89 Å². The molecule has 0 atom stereocenters. The summed E-state index contributed by atoms with van der Waals surface area (Å²) in [5.41, 5.74) is 0. The van der Waals surface area contributed by atoms with Crippen LogP contribution in [0.15, 0.2) is 4.99 Å². The summed E-state index contributed by atoms with van der Waals surface area (Å²) in [6.45, 7) is 2.88. The zero-order valence-electron chi connectivity index (χ0n) is 19.0. The van der Waals surface area contributed by atoms with Crippen molar-refractivity contribution >= 4 is 29.9 Å². The maximum Gasteiger partial charge on any atom is 0.401 e. The lowest BCUT2D eigenvalue weighted by atomic mass is 9.93. The lowest BCUT2D eigenvalue weighted by Gasteiger charge is -2.32. The van der Waals surface area contributed by atoms with Crippen LogP contribution in [0.3, 0.4) is 0 Å². The van der Waals surface area contributed by atoms with Crippen LogP contribution >= 0.6 is 24.0 Å². The van der Waals surface area contributed by atoms with E-state index >= 15 is 0 Å². The second-order valence-corrected chi connectivity index (χ2v) is 8.74. The third-order valence-electron chi connectivity index (χ3n) is 6.20. The molecule has 9 heteroatoms. The van der Waals surface area contributed by atoms with E-state index in [9.17, 15) is 13.2 Å². The van der Waals surface area contributed by atoms with E-state index < -0.39 is 12.7 Å². The minimum atomic E-state index is -4.09. The summed E-state index contributed by atoms with van der Waals surface area (Å²) in [5.74, 6) is 1.30. The maximum atomic E-state index is 12.5. The monoisotopic (exact) mass is 562 g/mol. The smallest absolute Gasteiger partial charge is 0.378 e. The van der Waals surface area contributed by atoms with Crippen LogP contribution in [0.25, 0.3) is 0 Å². The first-order chi connectivity index (χ1) is 14.5. The average molecular weight is 563 g/mol. The van der Waals surface area contributed by atoms with Crippen LogP contribution in [0, 0.1) is 5.92 Å². The molecule has 2 N–H and O–H groups in total. The van der Waals surface area contributed by atoms with Gasteiger partial charge in [-0.2, -0.15) is 13.2 Å². The first kappa shape index (κ1) is 28.7. The van der Waals surface area contributed by atoms with Crippen LogP contribution in [-0.4, -0.2) is 69.5 Å². The Bertz CT molecular complexity index is 480. The number of nitrogens with one attached hydrogen (secondary N) is 2. The molecular formula is C22H42F3IN4O. The molecule has 1 heterocycles. The van der Waals surface area contributed by atoms with Crippen LogP contribution in [0.1, 0.15) is 70.6 Å². The predicted octanol–water partition coefficient (Wildman–Crippen LogP) is 4.95. The predicted molar refractivity (Wildman–Crippen MR) is 131 cm³/mol. The summed E-state index contributed by atoms with van der Waals surface area (Å²) in [7, 11) is 1.77. The number of piperidine rings is 1. The minimum absolute atomic E-state index is 0. The summed E-state index contributed by atoms with van der Waals surface area (Å²) in [6, 6.07) is 0. The molecule has 5 nitrogen and oxygen atoms in total. The van der Waals surface area contributed by atoms with Crippen molar-refractivity contribution in [2.24, 2.45) is 10.9 Å². The Morgan fingerprint density at radius 2 is 1.65 bits per heavy atom. The van der Waals surface area contributed by atoms with Gasteiger partial charge in [0.25, 0.3) is 0 Å². The molecule has 1 saturated carbocycles. The first-order valence-corrected chi connectivity index (χ1v) is 11.8. The van der Waals surface area contributed by atoms with Gasteiger partial charge in [0, 0.05) is 26.7 Å². The Kier molecular flexibility index (Phi) is 15.2. The molecule has 2 rings (SSSR count). The molecule has 2 aliphatic rings. The molecular weight excluding hydrogens is 520 g/mol. The van der Waals surface area contributed by atoms with Crippen molar-refractivity contribution in [1.82, 2.24) is 15.5 Å². The second-order valence-electron chi connectivity index (χ2n) is 8.74. The number of ether oxygens (including phenoxy) is 1. The van der Waals surface area contributed by atoms with Gasteiger partial charge in [-0.1, -0.05) is 19.3 Å². The van der Waals surface area contributed by atoms with E-state index in [0.29, 0.717) is 25.1 Å². The molecule has 1 aliphatic carbocycles. The Labute approximate surface area is 203 Å². The average Bonchev–Trinajstić information content (AvgIpc) is 2.72. The normalized spacial score (nSPS) is 19.8. The highest BCUT2D eigenvalue weighted by molar-refractivity contribution is 14.0. The largest absolute Gasteiger partial charge is 0.401 e. The first-order valence-electron chi connectivity index (χ1n) is 11.8. The molecule has 0 radical (unpaired) electrons. The van der Waals surface area contributed by atoms with Crippen LogP contribution in [0.2, 0.25) is 0 Å². The van der Waals surface area contributed by atoms with Gasteiger partial charge in [0.05, 0.1) is 12.6 Å². The number of hydrogen-bond acceptors (Lipinski definition) is 3. The van der Waals surface area contributed by atoms with Crippen LogP contribution in [0.5, 0.6) is 0 Å². The Balaban J connectivity index is 0.00000480. The quantitative estimate of drug-likeness (QED) is 0.162. The third kappa shape index (κ3) is 13.8. The minimum Gasteiger partial charge on any atom is -0.378 e. The highest BCUT2D eigenvalue weighted by atomic mass is 127. The molecule has 0 aromatic rings. The summed E-state index contributed by atoms with van der Waals surface area (Å²) in [4.78, 5) is 5.77. The SMILES string of the molecule is CN=C(NCCCCCOC1CCCCC1)NCCC1CCN(CC(F)(F)F)CC1.I. The van der Waals surface area contributed by atoms with Gasteiger partial charge in [-0.25, -0.2) is 0 Å². The van der Waals surface area contributed by atoms with Crippen LogP contribution < -0.4 is 10.6 Å². The van der Waals surface area contributed by atoms with Gasteiger partial charge in [-0.05, 0) is 70.4 Å². The van der Waals surface area contributed by atoms with Gasteiger partial charge in [-0.15, -0.1) is 24.0 Å². The third-order valence-corrected chi connectivity index (χ3v) is 6.20. The van der Waals surface area contributed by atoms with E-state index in [2.05, 4.69) is 15.6 Å². The van der Waals surface area contributed by atoms with Crippen molar-refractivity contribution < 1.29 is 17.9 Å². The number of hydrogen-bond donors (Lipinski definition) is 2. The van der Waals surface area contributed by atoms with E-state index in [4.69, 9.17) is 4.74 Å². The summed E-state index contributed by atoms with van der Waals surface area (Å²) in [5, 5.41) is 6.68. The molecule has 0 aromatic heterocycles. The molecule has 0 spiro atoms. The fourth-order valence-corrected chi connectivity index (χ4v) is 4.39. The second kappa shape index (κ2) is 16.3. The van der Waals surface area contributed by atoms with E-state index in [0.717, 1.165) is 64.2 Å². The van der Waals surface area contributed by atoms with E-state index in [1.807, 2.05) is 0 Å². The molecule has 0 aromatic carbocycles. The molecule has 31 heavy (non-hydrogen) atoms. The van der Waals surface area contributed by atoms with Crippen molar-refractivity contribution in [3.05, 3.63) is 0 Å². The summed E-state index contributed by atoms with van der Waals surface area (Å²) < 4.78 is 43.3. The lowest BCUT2D eigenvalue weighted by Crippen LogP contribution is -2.41. The van der Waals surface area contributed by atoms with Crippen molar-refractivity contribution in [2.45, 2.75) is 82.9 Å². The molecule has 1 saturated heterocycles. The highest BCUT2D eigenvalue weighted by Gasteiger charge is 2.32. The number of likely N-dealkylation sites (tertiary alicyclic amines) is 1. The molecule has 1 aliphatic heterocycles. The lowest BCUT2D eigenvalue weighted by molar-refractivity contribution is -0.148. The summed E-state index contributed by atoms with van der Waals surface area (Å²) >= 11 is 0. The number of halogens is 4. The van der Waals surface area contributed by atoms with Crippen molar-refractivity contribution in [2.75, 3.05) is 46.4 Å². The molecule has 0 bridgehead atoms. The molecule has 0 amide bonds. The number of aliphatic imine (C=N–C) groups is 1. The van der Waals surface area contributed by atoms with Gasteiger partial charge in [0.1, 0.15) is 0 Å². The van der Waals surface area contributed by atoms with Crippen molar-refractivity contribution in [1.29, 1.82) is 0 Å². The molecule has 2 fully saturated rings. The summed E-state index contributed by atoms with van der Waals surface area (Å²) in [6.07, 6.45) is 8.87. The van der Waals surface area contributed by atoms with Gasteiger partial charge < -0.3 is 15.4 Å². The molecule has 0 unspecified atom stereocenters. The fourth-order valence-electron chi connectivity index (χ4n) is 4.39. The topological polar surface area (TPSA) is 48.9 Å². The van der Waals surface area contributed by atoms with Crippen molar-refractivity contribution in [3.63, 3.8) is 0 Å². The highest BCUT2D eigenvalue weighted by Crippen LogP contribution is 2.24. The van der Waals surface area contributed by atoms with Crippen LogP contribution in [0.4, 0.5) is 13.2 Å². The van der Waals surface area contributed by atoms with E-state index in [-0.39, 0.29) is 24.0 Å². The Morgan fingerprint density at radius 3 is 2.29 bits per heavy atom. The number of nitrogens with zero attached hydrogens (tertiary/aromatic N) is 2. The van der Waals surface area contributed by atoms with Gasteiger partial charge in [0.15, 0.2) is 5.96 Å².